The lowest BCUT2D eigenvalue weighted by Crippen LogP contribution is -2.42. The highest BCUT2D eigenvalue weighted by atomic mass is 32.2. The molecule has 1 fully saturated rings. The molecule has 0 saturated carbocycles. The van der Waals surface area contributed by atoms with E-state index in [1.807, 2.05) is 0 Å². The van der Waals surface area contributed by atoms with Gasteiger partial charge in [0.1, 0.15) is 0 Å². The van der Waals surface area contributed by atoms with Crippen LogP contribution < -0.4 is 5.32 Å². The van der Waals surface area contributed by atoms with Crippen molar-refractivity contribution in [2.75, 3.05) is 18.4 Å². The van der Waals surface area contributed by atoms with E-state index in [0.717, 1.165) is 4.31 Å². The minimum absolute atomic E-state index is 0.131. The van der Waals surface area contributed by atoms with Crippen LogP contribution in [0.2, 0.25) is 0 Å². The number of pyridine rings is 1. The van der Waals surface area contributed by atoms with Gasteiger partial charge >= 0.3 is 0 Å². The third-order valence-corrected chi connectivity index (χ3v) is 6.08. The van der Waals surface area contributed by atoms with E-state index in [0.29, 0.717) is 0 Å². The number of benzene rings is 1. The second-order valence-electron chi connectivity index (χ2n) is 6.08. The molecular weight excluding hydrogens is 383 g/mol. The van der Waals surface area contributed by atoms with Crippen molar-refractivity contribution >= 4 is 21.6 Å². The van der Waals surface area contributed by atoms with Gasteiger partial charge in [0.2, 0.25) is 16.0 Å². The van der Waals surface area contributed by atoms with Gasteiger partial charge in [0, 0.05) is 37.8 Å². The summed E-state index contributed by atoms with van der Waals surface area (Å²) in [6.45, 7) is -0.570. The predicted molar refractivity (Wildman–Crippen MR) is 91.5 cm³/mol. The molecule has 0 unspecified atom stereocenters. The smallest absolute Gasteiger partial charge is 0.260 e. The summed E-state index contributed by atoms with van der Waals surface area (Å²) in [6, 6.07) is 7.99. The summed E-state index contributed by atoms with van der Waals surface area (Å²) >= 11 is 0. The number of nitrogens with one attached hydrogen (secondary N) is 1. The van der Waals surface area contributed by atoms with E-state index in [9.17, 15) is 26.4 Å². The van der Waals surface area contributed by atoms with Gasteiger partial charge in [-0.3, -0.25) is 4.79 Å². The first-order valence-corrected chi connectivity index (χ1v) is 9.53. The van der Waals surface area contributed by atoms with Crippen LogP contribution >= 0.6 is 0 Å². The third kappa shape index (κ3) is 4.28. The molecule has 3 rings (SSSR count). The Morgan fingerprint density at radius 1 is 1.15 bits per heavy atom. The van der Waals surface area contributed by atoms with Crippen molar-refractivity contribution in [2.24, 2.45) is 0 Å². The van der Waals surface area contributed by atoms with Crippen molar-refractivity contribution < 1.29 is 26.4 Å². The van der Waals surface area contributed by atoms with Gasteiger partial charge in [-0.2, -0.15) is 8.70 Å². The van der Waals surface area contributed by atoms with Crippen molar-refractivity contribution in [3.8, 4) is 0 Å². The quantitative estimate of drug-likeness (QED) is 0.802. The molecule has 1 aliphatic rings. The number of rotatable bonds is 4. The summed E-state index contributed by atoms with van der Waals surface area (Å²) in [6.07, 6.45) is 0.118. The molecule has 1 aromatic carbocycles. The van der Waals surface area contributed by atoms with Crippen LogP contribution in [-0.4, -0.2) is 42.6 Å². The molecule has 1 N–H and O–H groups in total. The molecule has 144 valence electrons. The normalized spacial score (nSPS) is 17.4. The summed E-state index contributed by atoms with van der Waals surface area (Å²) < 4.78 is 66.4. The van der Waals surface area contributed by atoms with Crippen molar-refractivity contribution in [3.05, 3.63) is 54.1 Å². The number of hydrogen-bond donors (Lipinski definition) is 1. The SMILES string of the molecule is O=C(Nc1cccc(S(=O)(=O)N2CCC(F)(F)CC2)c1)c1cccnc1F. The minimum atomic E-state index is -3.98. The van der Waals surface area contributed by atoms with Crippen molar-refractivity contribution in [2.45, 2.75) is 23.7 Å². The first kappa shape index (κ1) is 19.3. The molecule has 1 amide bonds. The first-order valence-electron chi connectivity index (χ1n) is 8.09. The number of hydrogen-bond acceptors (Lipinski definition) is 4. The van der Waals surface area contributed by atoms with E-state index in [-0.39, 0.29) is 29.2 Å². The second-order valence-corrected chi connectivity index (χ2v) is 8.02. The molecule has 0 aliphatic carbocycles. The van der Waals surface area contributed by atoms with Crippen LogP contribution in [0.3, 0.4) is 0 Å². The Balaban J connectivity index is 1.79. The second kappa shape index (κ2) is 7.28. The fourth-order valence-corrected chi connectivity index (χ4v) is 4.18. The number of aromatic nitrogens is 1. The van der Waals surface area contributed by atoms with E-state index in [4.69, 9.17) is 0 Å². The number of alkyl halides is 2. The predicted octanol–water partition coefficient (Wildman–Crippen LogP) is 2.89. The zero-order valence-electron chi connectivity index (χ0n) is 14.0. The Morgan fingerprint density at radius 3 is 2.52 bits per heavy atom. The van der Waals surface area contributed by atoms with Crippen LogP contribution in [0.5, 0.6) is 0 Å². The number of nitrogens with zero attached hydrogens (tertiary/aromatic N) is 2. The number of anilines is 1. The summed E-state index contributed by atoms with van der Waals surface area (Å²) in [4.78, 5) is 15.4. The zero-order valence-corrected chi connectivity index (χ0v) is 14.8. The molecule has 0 spiro atoms. The van der Waals surface area contributed by atoms with Crippen molar-refractivity contribution in [3.63, 3.8) is 0 Å². The van der Waals surface area contributed by atoms with Gasteiger partial charge in [-0.05, 0) is 30.3 Å². The van der Waals surface area contributed by atoms with Gasteiger partial charge in [-0.1, -0.05) is 6.07 Å². The zero-order chi connectivity index (χ0) is 19.7. The van der Waals surface area contributed by atoms with E-state index in [1.54, 1.807) is 0 Å². The van der Waals surface area contributed by atoms with Crippen LogP contribution in [0.1, 0.15) is 23.2 Å². The Labute approximate surface area is 154 Å². The van der Waals surface area contributed by atoms with Crippen molar-refractivity contribution in [1.82, 2.24) is 9.29 Å². The molecule has 0 atom stereocenters. The molecule has 0 radical (unpaired) electrons. The number of carbonyl (C=O) groups excluding carboxylic acids is 1. The number of amides is 1. The highest BCUT2D eigenvalue weighted by molar-refractivity contribution is 7.89. The van der Waals surface area contributed by atoms with Crippen molar-refractivity contribution in [1.29, 1.82) is 0 Å². The van der Waals surface area contributed by atoms with Crippen LogP contribution in [0, 0.1) is 5.95 Å². The Hall–Kier alpha value is -2.46. The summed E-state index contributed by atoms with van der Waals surface area (Å²) in [5.41, 5.74) is -0.157. The van der Waals surface area contributed by atoms with Crippen LogP contribution in [0.4, 0.5) is 18.9 Å². The standard InChI is InChI=1S/C17H16F3N3O3S/c18-15-14(5-2-8-21-15)16(24)22-12-3-1-4-13(11-12)27(25,26)23-9-6-17(19,20)7-10-23/h1-5,8,11H,6-7,9-10H2,(H,22,24). The molecule has 6 nitrogen and oxygen atoms in total. The van der Waals surface area contributed by atoms with Gasteiger partial charge in [-0.15, -0.1) is 0 Å². The molecule has 2 aromatic rings. The highest BCUT2D eigenvalue weighted by Gasteiger charge is 2.38. The van der Waals surface area contributed by atoms with E-state index in [2.05, 4.69) is 10.3 Å². The van der Waals surface area contributed by atoms with Crippen LogP contribution in [-0.2, 0) is 10.0 Å². The number of carbonyl (C=O) groups is 1. The molecule has 2 heterocycles. The molecule has 1 aliphatic heterocycles. The summed E-state index contributed by atoms with van der Waals surface area (Å²) in [5.74, 6) is -4.60. The average molecular weight is 399 g/mol. The maximum absolute atomic E-state index is 13.6. The lowest BCUT2D eigenvalue weighted by Gasteiger charge is -2.30. The number of piperidine rings is 1. The monoisotopic (exact) mass is 399 g/mol. The molecule has 0 bridgehead atoms. The van der Waals surface area contributed by atoms with Gasteiger partial charge < -0.3 is 5.32 Å². The molecular formula is C17H16F3N3O3S. The largest absolute Gasteiger partial charge is 0.322 e. The number of sulfonamides is 1. The average Bonchev–Trinajstić information content (AvgIpc) is 2.62. The molecule has 27 heavy (non-hydrogen) atoms. The third-order valence-electron chi connectivity index (χ3n) is 4.19. The van der Waals surface area contributed by atoms with E-state index in [1.165, 1.54) is 42.6 Å². The molecule has 1 aromatic heterocycles. The maximum Gasteiger partial charge on any atom is 0.260 e. The Bertz CT molecular complexity index is 957. The summed E-state index contributed by atoms with van der Waals surface area (Å²) in [5, 5.41) is 2.41. The topological polar surface area (TPSA) is 79.4 Å². The fraction of sp³-hybridized carbons (Fsp3) is 0.294. The fourth-order valence-electron chi connectivity index (χ4n) is 2.69. The Kier molecular flexibility index (Phi) is 5.20. The van der Waals surface area contributed by atoms with Crippen LogP contribution in [0.15, 0.2) is 47.5 Å². The summed E-state index contributed by atoms with van der Waals surface area (Å²) in [7, 11) is -3.98. The van der Waals surface area contributed by atoms with E-state index < -0.39 is 40.6 Å². The van der Waals surface area contributed by atoms with Gasteiger partial charge in [0.15, 0.2) is 0 Å². The van der Waals surface area contributed by atoms with E-state index >= 15 is 0 Å². The van der Waals surface area contributed by atoms with Crippen LogP contribution in [0.25, 0.3) is 0 Å². The lowest BCUT2D eigenvalue weighted by molar-refractivity contribution is -0.0412. The minimum Gasteiger partial charge on any atom is -0.322 e. The molecule has 1 saturated heterocycles. The number of halogens is 3. The van der Waals surface area contributed by atoms with Gasteiger partial charge in [0.05, 0.1) is 10.5 Å². The highest BCUT2D eigenvalue weighted by Crippen LogP contribution is 2.31. The lowest BCUT2D eigenvalue weighted by atomic mass is 10.1. The maximum atomic E-state index is 13.6. The Morgan fingerprint density at radius 2 is 1.85 bits per heavy atom. The van der Waals surface area contributed by atoms with Gasteiger partial charge in [0.25, 0.3) is 11.8 Å². The van der Waals surface area contributed by atoms with Gasteiger partial charge in [-0.25, -0.2) is 22.2 Å². The molecule has 10 heteroatoms. The first-order chi connectivity index (χ1) is 12.7.